The lowest BCUT2D eigenvalue weighted by atomic mass is 10.1. The van der Waals surface area contributed by atoms with Crippen LogP contribution < -0.4 is 5.32 Å². The zero-order valence-corrected chi connectivity index (χ0v) is 7.25. The van der Waals surface area contributed by atoms with Crippen LogP contribution >= 0.6 is 0 Å². The number of carbonyl (C=O) groups is 1. The van der Waals surface area contributed by atoms with E-state index in [0.29, 0.717) is 19.6 Å². The average Bonchev–Trinajstić information content (AvgIpc) is 2.16. The molecule has 70 valence electrons. The van der Waals surface area contributed by atoms with Crippen LogP contribution in [0.15, 0.2) is 0 Å². The van der Waals surface area contributed by atoms with E-state index in [1.54, 1.807) is 0 Å². The number of aliphatic hydroxyl groups is 1. The Kier molecular flexibility index (Phi) is 3.49. The molecule has 0 radical (unpaired) electrons. The first-order valence-corrected chi connectivity index (χ1v) is 4.23. The molecule has 1 fully saturated rings. The summed E-state index contributed by atoms with van der Waals surface area (Å²) in [6.07, 6.45) is 1.10. The fraction of sp³-hybridized carbons (Fsp3) is 0.875. The summed E-state index contributed by atoms with van der Waals surface area (Å²) in [7, 11) is 0. The molecule has 1 amide bonds. The van der Waals surface area contributed by atoms with Crippen molar-refractivity contribution in [1.82, 2.24) is 5.32 Å². The molecule has 0 aromatic rings. The summed E-state index contributed by atoms with van der Waals surface area (Å²) in [5, 5.41) is 12.2. The van der Waals surface area contributed by atoms with Crippen molar-refractivity contribution in [3.05, 3.63) is 0 Å². The Hall–Kier alpha value is -0.610. The first-order valence-electron chi connectivity index (χ1n) is 4.23. The third-order valence-electron chi connectivity index (χ3n) is 1.94. The molecule has 12 heavy (non-hydrogen) atoms. The van der Waals surface area contributed by atoms with Crippen molar-refractivity contribution < 1.29 is 14.6 Å². The van der Waals surface area contributed by atoms with Crippen molar-refractivity contribution in [2.45, 2.75) is 31.9 Å². The van der Waals surface area contributed by atoms with Crippen molar-refractivity contribution in [2.24, 2.45) is 0 Å². The van der Waals surface area contributed by atoms with Gasteiger partial charge >= 0.3 is 0 Å². The summed E-state index contributed by atoms with van der Waals surface area (Å²) in [5.41, 5.74) is 0. The van der Waals surface area contributed by atoms with Crippen LogP contribution in [0.4, 0.5) is 0 Å². The fourth-order valence-electron chi connectivity index (χ4n) is 1.32. The Morgan fingerprint density at radius 2 is 2.42 bits per heavy atom. The number of aliphatic hydroxyl groups excluding tert-OH is 1. The molecule has 0 aromatic heterocycles. The van der Waals surface area contributed by atoms with Gasteiger partial charge in [0, 0.05) is 13.5 Å². The van der Waals surface area contributed by atoms with Gasteiger partial charge < -0.3 is 15.2 Å². The van der Waals surface area contributed by atoms with E-state index in [1.807, 2.05) is 0 Å². The lowest BCUT2D eigenvalue weighted by Crippen LogP contribution is -2.44. The maximum Gasteiger partial charge on any atom is 0.217 e. The van der Waals surface area contributed by atoms with E-state index >= 15 is 0 Å². The number of hydrogen-bond acceptors (Lipinski definition) is 3. The molecule has 1 rings (SSSR count). The molecule has 0 unspecified atom stereocenters. The van der Waals surface area contributed by atoms with Crippen LogP contribution in [0.2, 0.25) is 0 Å². The summed E-state index contributed by atoms with van der Waals surface area (Å²) in [6, 6.07) is -0.231. The third-order valence-corrected chi connectivity index (χ3v) is 1.94. The Balaban J connectivity index is 2.41. The van der Waals surface area contributed by atoms with E-state index in [2.05, 4.69) is 5.32 Å². The van der Waals surface area contributed by atoms with Crippen molar-refractivity contribution in [3.8, 4) is 0 Å². The SMILES string of the molecule is CC(=O)N[C@@H]1COCCC[C@H]1O. The van der Waals surface area contributed by atoms with Crippen LogP contribution in [-0.4, -0.2) is 36.4 Å². The Morgan fingerprint density at radius 3 is 3.08 bits per heavy atom. The number of hydrogen-bond donors (Lipinski definition) is 2. The minimum atomic E-state index is -0.462. The van der Waals surface area contributed by atoms with Crippen molar-refractivity contribution in [3.63, 3.8) is 0 Å². The number of rotatable bonds is 1. The first-order chi connectivity index (χ1) is 5.70. The monoisotopic (exact) mass is 173 g/mol. The summed E-state index contributed by atoms with van der Waals surface area (Å²) >= 11 is 0. The molecule has 0 aromatic carbocycles. The summed E-state index contributed by atoms with van der Waals surface area (Å²) in [4.78, 5) is 10.7. The van der Waals surface area contributed by atoms with Crippen molar-refractivity contribution >= 4 is 5.91 Å². The minimum Gasteiger partial charge on any atom is -0.391 e. The predicted octanol–water partition coefficient (Wildman–Crippen LogP) is -0.338. The van der Waals surface area contributed by atoms with Gasteiger partial charge in [-0.15, -0.1) is 0 Å². The zero-order valence-electron chi connectivity index (χ0n) is 7.25. The molecular weight excluding hydrogens is 158 g/mol. The predicted molar refractivity (Wildman–Crippen MR) is 43.7 cm³/mol. The molecule has 1 aliphatic rings. The topological polar surface area (TPSA) is 58.6 Å². The molecular formula is C8H15NO3. The average molecular weight is 173 g/mol. The molecule has 2 N–H and O–H groups in total. The first kappa shape index (κ1) is 9.48. The molecule has 0 saturated carbocycles. The third kappa shape index (κ3) is 2.79. The highest BCUT2D eigenvalue weighted by atomic mass is 16.5. The van der Waals surface area contributed by atoms with Crippen molar-refractivity contribution in [1.29, 1.82) is 0 Å². The molecule has 1 saturated heterocycles. The Labute approximate surface area is 71.9 Å². The van der Waals surface area contributed by atoms with Gasteiger partial charge in [-0.3, -0.25) is 4.79 Å². The number of amides is 1. The van der Waals surface area contributed by atoms with Gasteiger partial charge in [0.15, 0.2) is 0 Å². The number of nitrogens with one attached hydrogen (secondary N) is 1. The van der Waals surface area contributed by atoms with Gasteiger partial charge in [-0.25, -0.2) is 0 Å². The second-order valence-corrected chi connectivity index (χ2v) is 3.09. The Bertz CT molecular complexity index is 160. The lowest BCUT2D eigenvalue weighted by Gasteiger charge is -2.19. The molecule has 2 atom stereocenters. The standard InChI is InChI=1S/C8H15NO3/c1-6(10)9-7-5-12-4-2-3-8(7)11/h7-8,11H,2-5H2,1H3,(H,9,10)/t7-,8-/m1/s1. The molecule has 1 heterocycles. The number of carbonyl (C=O) groups excluding carboxylic acids is 1. The van der Waals surface area contributed by atoms with Crippen LogP contribution in [0.3, 0.4) is 0 Å². The molecule has 4 nitrogen and oxygen atoms in total. The largest absolute Gasteiger partial charge is 0.391 e. The summed E-state index contributed by atoms with van der Waals surface area (Å²) in [6.45, 7) is 2.53. The van der Waals surface area contributed by atoms with Gasteiger partial charge in [-0.1, -0.05) is 0 Å². The highest BCUT2D eigenvalue weighted by Gasteiger charge is 2.22. The maximum absolute atomic E-state index is 10.7. The van der Waals surface area contributed by atoms with Gasteiger partial charge in [0.2, 0.25) is 5.91 Å². The van der Waals surface area contributed by atoms with Gasteiger partial charge in [-0.2, -0.15) is 0 Å². The fourth-order valence-corrected chi connectivity index (χ4v) is 1.32. The lowest BCUT2D eigenvalue weighted by molar-refractivity contribution is -0.121. The Morgan fingerprint density at radius 1 is 1.67 bits per heavy atom. The van der Waals surface area contributed by atoms with Crippen LogP contribution in [0.5, 0.6) is 0 Å². The second kappa shape index (κ2) is 4.42. The van der Waals surface area contributed by atoms with Gasteiger partial charge in [0.25, 0.3) is 0 Å². The highest BCUT2D eigenvalue weighted by Crippen LogP contribution is 2.08. The van der Waals surface area contributed by atoms with Gasteiger partial charge in [0.1, 0.15) is 0 Å². The zero-order chi connectivity index (χ0) is 8.97. The van der Waals surface area contributed by atoms with Crippen LogP contribution in [-0.2, 0) is 9.53 Å². The maximum atomic E-state index is 10.7. The molecule has 0 spiro atoms. The van der Waals surface area contributed by atoms with Gasteiger partial charge in [-0.05, 0) is 12.8 Å². The smallest absolute Gasteiger partial charge is 0.217 e. The second-order valence-electron chi connectivity index (χ2n) is 3.09. The molecule has 4 heteroatoms. The van der Waals surface area contributed by atoms with Crippen molar-refractivity contribution in [2.75, 3.05) is 13.2 Å². The highest BCUT2D eigenvalue weighted by molar-refractivity contribution is 5.73. The van der Waals surface area contributed by atoms with Gasteiger partial charge in [0.05, 0.1) is 18.8 Å². The summed E-state index contributed by atoms with van der Waals surface area (Å²) in [5.74, 6) is -0.121. The van der Waals surface area contributed by atoms with E-state index in [0.717, 1.165) is 6.42 Å². The number of ether oxygens (including phenoxy) is 1. The minimum absolute atomic E-state index is 0.121. The quantitative estimate of drug-likeness (QED) is 0.570. The van der Waals surface area contributed by atoms with E-state index < -0.39 is 6.10 Å². The normalized spacial score (nSPS) is 30.8. The van der Waals surface area contributed by atoms with E-state index in [1.165, 1.54) is 6.92 Å². The van der Waals surface area contributed by atoms with Crippen LogP contribution in [0.1, 0.15) is 19.8 Å². The molecule has 0 bridgehead atoms. The summed E-state index contributed by atoms with van der Waals surface area (Å²) < 4.78 is 5.20. The van der Waals surface area contributed by atoms with E-state index in [9.17, 15) is 9.90 Å². The van der Waals surface area contributed by atoms with E-state index in [-0.39, 0.29) is 11.9 Å². The molecule has 0 aliphatic carbocycles. The van der Waals surface area contributed by atoms with Crippen LogP contribution in [0, 0.1) is 0 Å². The van der Waals surface area contributed by atoms with Crippen LogP contribution in [0.25, 0.3) is 0 Å². The van der Waals surface area contributed by atoms with E-state index in [4.69, 9.17) is 4.74 Å². The molecule has 1 aliphatic heterocycles.